The molecular formula is C21H26N3O2S+. The summed E-state index contributed by atoms with van der Waals surface area (Å²) >= 11 is 1.60. The molecule has 3 aromatic rings. The van der Waals surface area contributed by atoms with E-state index in [1.54, 1.807) is 11.3 Å². The van der Waals surface area contributed by atoms with E-state index in [1.165, 1.54) is 10.5 Å². The molecule has 1 unspecified atom stereocenters. The monoisotopic (exact) mass is 384 g/mol. The summed E-state index contributed by atoms with van der Waals surface area (Å²) in [5.41, 5.74) is 3.26. The molecule has 1 aliphatic rings. The molecule has 2 aromatic heterocycles. The maximum atomic E-state index is 12.9. The molecule has 0 aliphatic carbocycles. The van der Waals surface area contributed by atoms with E-state index in [9.17, 15) is 4.79 Å². The zero-order chi connectivity index (χ0) is 19.1. The van der Waals surface area contributed by atoms with Crippen molar-refractivity contribution in [2.45, 2.75) is 46.4 Å². The van der Waals surface area contributed by atoms with Gasteiger partial charge in [0.15, 0.2) is 5.82 Å². The zero-order valence-corrected chi connectivity index (χ0v) is 17.1. The number of morpholine rings is 1. The van der Waals surface area contributed by atoms with Gasteiger partial charge in [-0.25, -0.2) is 4.98 Å². The number of benzene rings is 1. The van der Waals surface area contributed by atoms with Crippen LogP contribution in [0.3, 0.4) is 0 Å². The van der Waals surface area contributed by atoms with Gasteiger partial charge in [-0.2, -0.15) is 0 Å². The number of fused-ring (bicyclic) bond motifs is 1. The number of aryl methyl sites for hydroxylation is 2. The average molecular weight is 385 g/mol. The molecule has 2 N–H and O–H groups in total. The van der Waals surface area contributed by atoms with Crippen LogP contribution in [0.1, 0.15) is 30.1 Å². The Hall–Kier alpha value is -2.02. The molecule has 0 radical (unpaired) electrons. The summed E-state index contributed by atoms with van der Waals surface area (Å²) in [6.45, 7) is 10.9. The number of nitrogens with zero attached hydrogens (tertiary/aromatic N) is 1. The van der Waals surface area contributed by atoms with Crippen molar-refractivity contribution in [1.82, 2.24) is 9.97 Å². The van der Waals surface area contributed by atoms with E-state index in [-0.39, 0.29) is 17.8 Å². The molecule has 142 valence electrons. The highest BCUT2D eigenvalue weighted by molar-refractivity contribution is 7.19. The Morgan fingerprint density at radius 3 is 2.52 bits per heavy atom. The van der Waals surface area contributed by atoms with Gasteiger partial charge >= 0.3 is 0 Å². The molecule has 3 heterocycles. The van der Waals surface area contributed by atoms with Crippen LogP contribution in [0.25, 0.3) is 21.3 Å². The SMILES string of the molecule is Cc1ccc(-c2c(C)sc3nc(C[NH+]4C[C@@H](C)O[C@@H](C)C4)[nH]c(=O)c23)cc1. The first-order valence-corrected chi connectivity index (χ1v) is 10.3. The number of ether oxygens (including phenoxy) is 1. The van der Waals surface area contributed by atoms with Crippen molar-refractivity contribution in [1.29, 1.82) is 0 Å². The summed E-state index contributed by atoms with van der Waals surface area (Å²) < 4.78 is 5.81. The first-order valence-electron chi connectivity index (χ1n) is 9.49. The number of nitrogens with one attached hydrogen (secondary N) is 2. The average Bonchev–Trinajstić information content (AvgIpc) is 2.91. The smallest absolute Gasteiger partial charge is 0.260 e. The minimum Gasteiger partial charge on any atom is -0.364 e. The lowest BCUT2D eigenvalue weighted by molar-refractivity contribution is -0.928. The summed E-state index contributed by atoms with van der Waals surface area (Å²) in [6.07, 6.45) is 0.465. The van der Waals surface area contributed by atoms with Gasteiger partial charge in [0.05, 0.1) is 5.39 Å². The van der Waals surface area contributed by atoms with E-state index in [4.69, 9.17) is 9.72 Å². The maximum absolute atomic E-state index is 12.9. The van der Waals surface area contributed by atoms with Gasteiger partial charge in [0.25, 0.3) is 5.56 Å². The third kappa shape index (κ3) is 3.70. The fraction of sp³-hybridized carbons (Fsp3) is 0.429. The number of thiophene rings is 1. The molecule has 3 atom stereocenters. The second-order valence-electron chi connectivity index (χ2n) is 7.68. The number of quaternary nitrogens is 1. The van der Waals surface area contributed by atoms with Crippen LogP contribution in [0.4, 0.5) is 0 Å². The van der Waals surface area contributed by atoms with Crippen LogP contribution in [0.5, 0.6) is 0 Å². The Bertz CT molecular complexity index is 1010. The third-order valence-electron chi connectivity index (χ3n) is 5.16. The summed E-state index contributed by atoms with van der Waals surface area (Å²) in [4.78, 5) is 24.1. The molecule has 1 saturated heterocycles. The Morgan fingerprint density at radius 1 is 1.19 bits per heavy atom. The van der Waals surface area contributed by atoms with Crippen LogP contribution < -0.4 is 10.5 Å². The number of rotatable bonds is 3. The second-order valence-corrected chi connectivity index (χ2v) is 8.89. The van der Waals surface area contributed by atoms with Gasteiger partial charge in [-0.3, -0.25) is 4.79 Å². The minimum atomic E-state index is -0.0383. The Kier molecular flexibility index (Phi) is 4.88. The van der Waals surface area contributed by atoms with Crippen molar-refractivity contribution in [3.05, 3.63) is 50.9 Å². The lowest BCUT2D eigenvalue weighted by Gasteiger charge is -2.32. The molecule has 0 saturated carbocycles. The van der Waals surface area contributed by atoms with E-state index < -0.39 is 0 Å². The fourth-order valence-corrected chi connectivity index (χ4v) is 5.15. The summed E-state index contributed by atoms with van der Waals surface area (Å²) in [5.74, 6) is 0.764. The molecule has 1 aromatic carbocycles. The first-order chi connectivity index (χ1) is 12.9. The van der Waals surface area contributed by atoms with Crippen molar-refractivity contribution in [3.8, 4) is 11.1 Å². The van der Waals surface area contributed by atoms with Crippen LogP contribution in [-0.2, 0) is 11.3 Å². The van der Waals surface area contributed by atoms with Crippen molar-refractivity contribution in [2.75, 3.05) is 13.1 Å². The van der Waals surface area contributed by atoms with Gasteiger partial charge in [0, 0.05) is 10.4 Å². The first kappa shape index (κ1) is 18.3. The summed E-state index contributed by atoms with van der Waals surface area (Å²) in [6, 6.07) is 8.33. The number of aromatic amines is 1. The molecule has 4 rings (SSSR count). The fourth-order valence-electron chi connectivity index (χ4n) is 4.09. The van der Waals surface area contributed by atoms with Crippen LogP contribution in [0.2, 0.25) is 0 Å². The highest BCUT2D eigenvalue weighted by Crippen LogP contribution is 2.35. The molecular weight excluding hydrogens is 358 g/mol. The molecule has 0 spiro atoms. The molecule has 0 amide bonds. The topological polar surface area (TPSA) is 59.4 Å². The summed E-state index contributed by atoms with van der Waals surface area (Å²) in [5, 5.41) is 0.712. The maximum Gasteiger partial charge on any atom is 0.260 e. The number of H-pyrrole nitrogens is 1. The normalized spacial score (nSPS) is 23.0. The zero-order valence-electron chi connectivity index (χ0n) is 16.3. The highest BCUT2D eigenvalue weighted by Gasteiger charge is 2.26. The Morgan fingerprint density at radius 2 is 1.85 bits per heavy atom. The largest absolute Gasteiger partial charge is 0.364 e. The molecule has 1 aliphatic heterocycles. The second kappa shape index (κ2) is 7.19. The van der Waals surface area contributed by atoms with Gasteiger partial charge in [-0.15, -0.1) is 11.3 Å². The van der Waals surface area contributed by atoms with Gasteiger partial charge in [0.1, 0.15) is 36.7 Å². The van der Waals surface area contributed by atoms with Crippen LogP contribution >= 0.6 is 11.3 Å². The van der Waals surface area contributed by atoms with Crippen LogP contribution in [-0.4, -0.2) is 35.3 Å². The molecule has 27 heavy (non-hydrogen) atoms. The number of aromatic nitrogens is 2. The van der Waals surface area contributed by atoms with Gasteiger partial charge in [0.2, 0.25) is 0 Å². The van der Waals surface area contributed by atoms with Crippen molar-refractivity contribution in [2.24, 2.45) is 0 Å². The van der Waals surface area contributed by atoms with Crippen LogP contribution in [0, 0.1) is 13.8 Å². The molecule has 5 nitrogen and oxygen atoms in total. The van der Waals surface area contributed by atoms with Crippen molar-refractivity contribution >= 4 is 21.6 Å². The van der Waals surface area contributed by atoms with Crippen molar-refractivity contribution in [3.63, 3.8) is 0 Å². The van der Waals surface area contributed by atoms with Gasteiger partial charge in [-0.1, -0.05) is 29.8 Å². The van der Waals surface area contributed by atoms with Gasteiger partial charge < -0.3 is 14.6 Å². The Labute approximate surface area is 163 Å². The quantitative estimate of drug-likeness (QED) is 0.729. The van der Waals surface area contributed by atoms with E-state index in [0.29, 0.717) is 5.39 Å². The predicted molar refractivity (Wildman–Crippen MR) is 110 cm³/mol. The van der Waals surface area contributed by atoms with Gasteiger partial charge in [-0.05, 0) is 33.3 Å². The molecule has 6 heteroatoms. The number of hydrogen-bond donors (Lipinski definition) is 2. The minimum absolute atomic E-state index is 0.0383. The van der Waals surface area contributed by atoms with Crippen LogP contribution in [0.15, 0.2) is 29.1 Å². The molecule has 0 bridgehead atoms. The van der Waals surface area contributed by atoms with E-state index in [0.717, 1.165) is 46.3 Å². The summed E-state index contributed by atoms with van der Waals surface area (Å²) in [7, 11) is 0. The number of hydrogen-bond acceptors (Lipinski definition) is 4. The Balaban J connectivity index is 1.71. The van der Waals surface area contributed by atoms with E-state index in [1.807, 2.05) is 0 Å². The third-order valence-corrected chi connectivity index (χ3v) is 6.16. The van der Waals surface area contributed by atoms with E-state index in [2.05, 4.69) is 56.9 Å². The van der Waals surface area contributed by atoms with Crippen molar-refractivity contribution < 1.29 is 9.64 Å². The molecule has 1 fully saturated rings. The standard InChI is InChI=1S/C21H25N3O2S/c1-12-5-7-16(8-6-12)18-15(4)27-21-19(18)20(25)22-17(23-21)11-24-9-13(2)26-14(3)10-24/h5-8,13-14H,9-11H2,1-4H3,(H,22,23,25)/p+1/t13-,14+. The highest BCUT2D eigenvalue weighted by atomic mass is 32.1. The lowest BCUT2D eigenvalue weighted by atomic mass is 10.0. The lowest BCUT2D eigenvalue weighted by Crippen LogP contribution is -3.14. The predicted octanol–water partition coefficient (Wildman–Crippen LogP) is 2.46. The van der Waals surface area contributed by atoms with E-state index >= 15 is 0 Å².